The number of rotatable bonds is 8. The number of carbonyl (C=O) groups is 1. The zero-order chi connectivity index (χ0) is 21.0. The smallest absolute Gasteiger partial charge is 0.306 e. The van der Waals surface area contributed by atoms with Crippen molar-refractivity contribution in [2.45, 2.75) is 37.2 Å². The van der Waals surface area contributed by atoms with Gasteiger partial charge in [0.25, 0.3) is 10.0 Å². The van der Waals surface area contributed by atoms with Crippen LogP contribution in [0.25, 0.3) is 10.2 Å². The Kier molecular flexibility index (Phi) is 6.10. The van der Waals surface area contributed by atoms with Gasteiger partial charge in [0.05, 0.1) is 15.1 Å². The van der Waals surface area contributed by atoms with Crippen LogP contribution >= 0.6 is 11.3 Å². The molecule has 0 saturated carbocycles. The van der Waals surface area contributed by atoms with Crippen molar-refractivity contribution >= 4 is 43.4 Å². The van der Waals surface area contributed by atoms with Gasteiger partial charge in [-0.15, -0.1) is 11.3 Å². The summed E-state index contributed by atoms with van der Waals surface area (Å²) in [5.41, 5.74) is 1.53. The Hall–Kier alpha value is -2.78. The second kappa shape index (κ2) is 8.93. The molecule has 0 spiro atoms. The molecule has 4 rings (SSSR count). The average Bonchev–Trinajstić information content (AvgIpc) is 3.27. The number of ether oxygens (including phenoxy) is 1. The maximum Gasteiger partial charge on any atom is 0.306 e. The van der Waals surface area contributed by atoms with Crippen molar-refractivity contribution < 1.29 is 17.9 Å². The molecule has 30 heavy (non-hydrogen) atoms. The van der Waals surface area contributed by atoms with Gasteiger partial charge >= 0.3 is 5.97 Å². The number of para-hydroxylation sites is 1. The molecule has 1 N–H and O–H groups in total. The summed E-state index contributed by atoms with van der Waals surface area (Å²) in [4.78, 5) is 21.0. The van der Waals surface area contributed by atoms with Gasteiger partial charge < -0.3 is 4.74 Å². The minimum atomic E-state index is -3.50. The monoisotopic (exact) mass is 443 g/mol. The van der Waals surface area contributed by atoms with E-state index in [9.17, 15) is 13.2 Å². The Bertz CT molecular complexity index is 1170. The third-order valence-corrected chi connectivity index (χ3v) is 7.07. The molecule has 0 radical (unpaired) electrons. The summed E-state index contributed by atoms with van der Waals surface area (Å²) in [7, 11) is -3.50. The third kappa shape index (κ3) is 4.68. The lowest BCUT2D eigenvalue weighted by Gasteiger charge is -2.03. The van der Waals surface area contributed by atoms with Crippen molar-refractivity contribution in [3.05, 3.63) is 59.1 Å². The largest absolute Gasteiger partial charge is 0.458 e. The number of nitrogens with zero attached hydrogens (tertiary/aromatic N) is 2. The Morgan fingerprint density at radius 1 is 1.07 bits per heavy atom. The van der Waals surface area contributed by atoms with Crippen molar-refractivity contribution in [2.75, 3.05) is 6.54 Å². The van der Waals surface area contributed by atoms with Gasteiger partial charge in [-0.3, -0.25) is 14.5 Å². The first kappa shape index (κ1) is 20.5. The van der Waals surface area contributed by atoms with Crippen molar-refractivity contribution in [3.8, 4) is 0 Å². The van der Waals surface area contributed by atoms with E-state index in [-0.39, 0.29) is 17.5 Å². The van der Waals surface area contributed by atoms with Crippen LogP contribution in [0.3, 0.4) is 0 Å². The van der Waals surface area contributed by atoms with Crippen LogP contribution in [0.1, 0.15) is 36.3 Å². The van der Waals surface area contributed by atoms with Crippen LogP contribution < -0.4 is 4.72 Å². The lowest BCUT2D eigenvalue weighted by molar-refractivity contribution is -0.145. The zero-order valence-electron chi connectivity index (χ0n) is 16.2. The van der Waals surface area contributed by atoms with E-state index >= 15 is 0 Å². The number of nitrogens with one attached hydrogen (secondary N) is 1. The fourth-order valence-corrected chi connectivity index (χ4v) is 5.33. The first-order chi connectivity index (χ1) is 14.5. The van der Waals surface area contributed by atoms with Gasteiger partial charge in [-0.05, 0) is 37.1 Å². The first-order valence-corrected chi connectivity index (χ1v) is 12.0. The van der Waals surface area contributed by atoms with E-state index in [1.165, 1.54) is 11.3 Å². The Morgan fingerprint density at radius 2 is 1.87 bits per heavy atom. The quantitative estimate of drug-likeness (QED) is 0.423. The van der Waals surface area contributed by atoms with Gasteiger partial charge in [0.1, 0.15) is 17.5 Å². The van der Waals surface area contributed by atoms with Gasteiger partial charge in [0.15, 0.2) is 0 Å². The van der Waals surface area contributed by atoms with Gasteiger partial charge in [-0.2, -0.15) is 0 Å². The van der Waals surface area contributed by atoms with E-state index in [0.717, 1.165) is 28.1 Å². The number of hydrogen-bond donors (Lipinski definition) is 1. The number of thiazole rings is 1. The molecule has 0 amide bonds. The van der Waals surface area contributed by atoms with Crippen molar-refractivity contribution in [1.29, 1.82) is 0 Å². The van der Waals surface area contributed by atoms with Crippen molar-refractivity contribution in [2.24, 2.45) is 4.99 Å². The predicted molar refractivity (Wildman–Crippen MR) is 116 cm³/mol. The first-order valence-electron chi connectivity index (χ1n) is 9.70. The van der Waals surface area contributed by atoms with Crippen LogP contribution in [0.2, 0.25) is 0 Å². The lowest BCUT2D eigenvalue weighted by Crippen LogP contribution is -2.22. The highest BCUT2D eigenvalue weighted by atomic mass is 32.2. The molecule has 1 aromatic heterocycles. The molecule has 0 aliphatic carbocycles. The fourth-order valence-electron chi connectivity index (χ4n) is 3.20. The van der Waals surface area contributed by atoms with Crippen LogP contribution in [0.15, 0.2) is 58.4 Å². The highest BCUT2D eigenvalue weighted by molar-refractivity contribution is 7.90. The number of unbranched alkanes of at least 4 members (excludes halogenated alkanes) is 2. The third-order valence-electron chi connectivity index (χ3n) is 4.67. The van der Waals surface area contributed by atoms with Crippen LogP contribution in [0.4, 0.5) is 0 Å². The second-order valence-electron chi connectivity index (χ2n) is 6.88. The average molecular weight is 444 g/mol. The summed E-state index contributed by atoms with van der Waals surface area (Å²) in [5.74, 6) is 0.152. The van der Waals surface area contributed by atoms with E-state index in [0.29, 0.717) is 30.8 Å². The molecule has 0 bridgehead atoms. The standard InChI is InChI=1S/C21H21N3O4S2/c25-20(28-14-19-23-16-9-4-5-10-17(16)29-19)12-2-1-7-13-22-21-15-8-3-6-11-18(15)30(26,27)24-21/h3-6,8-11H,1-2,7,12-14H2,(H,22,24). The molecule has 7 nitrogen and oxygen atoms in total. The minimum absolute atomic E-state index is 0.200. The summed E-state index contributed by atoms with van der Waals surface area (Å²) < 4.78 is 33.0. The Balaban J connectivity index is 1.17. The summed E-state index contributed by atoms with van der Waals surface area (Å²) in [6.07, 6.45) is 2.61. The second-order valence-corrected chi connectivity index (χ2v) is 9.64. The molecule has 2 heterocycles. The summed E-state index contributed by atoms with van der Waals surface area (Å²) in [6.45, 7) is 0.693. The van der Waals surface area contributed by atoms with E-state index in [4.69, 9.17) is 4.74 Å². The number of hydrogen-bond acceptors (Lipinski definition) is 7. The molecule has 0 unspecified atom stereocenters. The van der Waals surface area contributed by atoms with Crippen LogP contribution in [0.5, 0.6) is 0 Å². The Morgan fingerprint density at radius 3 is 2.73 bits per heavy atom. The molecule has 9 heteroatoms. The number of esters is 1. The van der Waals surface area contributed by atoms with Crippen molar-refractivity contribution in [1.82, 2.24) is 9.71 Å². The van der Waals surface area contributed by atoms with Gasteiger partial charge in [-0.25, -0.2) is 13.4 Å². The van der Waals surface area contributed by atoms with E-state index in [2.05, 4.69) is 14.7 Å². The maximum atomic E-state index is 12.0. The number of aliphatic imine (C=N–C) groups is 1. The molecular formula is C21H21N3O4S2. The summed E-state index contributed by atoms with van der Waals surface area (Å²) >= 11 is 1.53. The zero-order valence-corrected chi connectivity index (χ0v) is 17.8. The SMILES string of the molecule is O=C(CCCCCN=C1NS(=O)(=O)c2ccccc21)OCc1nc2ccccc2s1. The highest BCUT2D eigenvalue weighted by Crippen LogP contribution is 2.23. The molecule has 156 valence electrons. The molecular weight excluding hydrogens is 422 g/mol. The topological polar surface area (TPSA) is 97.7 Å². The summed E-state index contributed by atoms with van der Waals surface area (Å²) in [6, 6.07) is 14.6. The number of fused-ring (bicyclic) bond motifs is 2. The predicted octanol–water partition coefficient (Wildman–Crippen LogP) is 3.64. The van der Waals surface area contributed by atoms with Gasteiger partial charge in [0.2, 0.25) is 0 Å². The normalized spacial score (nSPS) is 15.8. The fraction of sp³-hybridized carbons (Fsp3) is 0.286. The molecule has 0 atom stereocenters. The van der Waals surface area contributed by atoms with E-state index < -0.39 is 10.0 Å². The van der Waals surface area contributed by atoms with Crippen LogP contribution in [0, 0.1) is 0 Å². The van der Waals surface area contributed by atoms with E-state index in [1.54, 1.807) is 24.3 Å². The molecule has 1 aliphatic rings. The van der Waals surface area contributed by atoms with E-state index in [1.807, 2.05) is 24.3 Å². The maximum absolute atomic E-state index is 12.0. The van der Waals surface area contributed by atoms with Crippen LogP contribution in [-0.2, 0) is 26.2 Å². The number of carbonyl (C=O) groups excluding carboxylic acids is 1. The number of benzene rings is 2. The summed E-state index contributed by atoms with van der Waals surface area (Å²) in [5, 5.41) is 0.791. The minimum Gasteiger partial charge on any atom is -0.458 e. The molecule has 0 saturated heterocycles. The lowest BCUT2D eigenvalue weighted by atomic mass is 10.2. The van der Waals surface area contributed by atoms with Crippen LogP contribution in [-0.4, -0.2) is 31.8 Å². The molecule has 0 fully saturated rings. The number of aromatic nitrogens is 1. The number of sulfonamides is 1. The Labute approximate surface area is 178 Å². The van der Waals surface area contributed by atoms with Gasteiger partial charge in [0, 0.05) is 18.5 Å². The highest BCUT2D eigenvalue weighted by Gasteiger charge is 2.29. The molecule has 2 aromatic carbocycles. The van der Waals surface area contributed by atoms with Gasteiger partial charge in [-0.1, -0.05) is 30.7 Å². The number of amidine groups is 1. The molecule has 3 aromatic rings. The van der Waals surface area contributed by atoms with Crippen molar-refractivity contribution in [3.63, 3.8) is 0 Å². The molecule has 1 aliphatic heterocycles.